The monoisotopic (exact) mass is 256 g/mol. The Balaban J connectivity index is 4.53. The highest BCUT2D eigenvalue weighted by Crippen LogP contribution is 2.30. The van der Waals surface area contributed by atoms with Crippen molar-refractivity contribution in [3.8, 4) is 0 Å². The van der Waals surface area contributed by atoms with Crippen LogP contribution in [0.1, 0.15) is 33.1 Å². The van der Waals surface area contributed by atoms with Gasteiger partial charge in [0.2, 0.25) is 0 Å². The first-order valence-electron chi connectivity index (χ1n) is 5.11. The quantitative estimate of drug-likeness (QED) is 0.585. The lowest BCUT2D eigenvalue weighted by atomic mass is 9.85. The molecule has 0 aliphatic rings. The number of hydrogen-bond donors (Lipinski definition) is 1. The van der Waals surface area contributed by atoms with E-state index in [4.69, 9.17) is 5.11 Å². The Morgan fingerprint density at radius 3 is 2.12 bits per heavy atom. The smallest absolute Gasteiger partial charge is 0.389 e. The third kappa shape index (κ3) is 5.06. The molecule has 0 fully saturated rings. The molecule has 0 aromatic rings. The Bertz CT molecular complexity index is 288. The average molecular weight is 256 g/mol. The highest BCUT2D eigenvalue weighted by Gasteiger charge is 2.43. The first-order chi connectivity index (χ1) is 7.63. The number of rotatable bonds is 6. The number of halogens is 3. The predicted octanol–water partition coefficient (Wildman–Crippen LogP) is 2.37. The number of carbonyl (C=O) groups is 2. The van der Waals surface area contributed by atoms with Gasteiger partial charge in [0.25, 0.3) is 0 Å². The lowest BCUT2D eigenvalue weighted by Crippen LogP contribution is -2.38. The van der Waals surface area contributed by atoms with Crippen LogP contribution in [0.5, 0.6) is 0 Å². The highest BCUT2D eigenvalue weighted by molar-refractivity contribution is 5.98. The lowest BCUT2D eigenvalue weighted by molar-refractivity contribution is -0.169. The molecule has 100 valence electrons. The summed E-state index contributed by atoms with van der Waals surface area (Å²) in [5.41, 5.74) is -1.92. The van der Waals surface area contributed by atoms with Crippen LogP contribution in [-0.2, 0) is 14.3 Å². The van der Waals surface area contributed by atoms with Crippen LogP contribution in [-0.4, -0.2) is 29.8 Å². The fraction of sp³-hybridized carbons (Fsp3) is 0.800. The lowest BCUT2D eigenvalue weighted by Gasteiger charge is -2.22. The Kier molecular flexibility index (Phi) is 5.44. The number of alkyl halides is 3. The molecule has 0 heterocycles. The zero-order valence-electron chi connectivity index (χ0n) is 9.63. The van der Waals surface area contributed by atoms with Crippen molar-refractivity contribution in [1.29, 1.82) is 0 Å². The molecule has 0 aliphatic heterocycles. The van der Waals surface area contributed by atoms with E-state index >= 15 is 0 Å². The molecular weight excluding hydrogens is 241 g/mol. The van der Waals surface area contributed by atoms with Crippen LogP contribution >= 0.6 is 0 Å². The van der Waals surface area contributed by atoms with Gasteiger partial charge in [0, 0.05) is 6.42 Å². The summed E-state index contributed by atoms with van der Waals surface area (Å²) in [6.45, 7) is 2.56. The molecule has 0 saturated carbocycles. The van der Waals surface area contributed by atoms with Crippen molar-refractivity contribution in [1.82, 2.24) is 0 Å². The zero-order chi connectivity index (χ0) is 13.7. The van der Waals surface area contributed by atoms with E-state index in [1.165, 1.54) is 6.92 Å². The van der Waals surface area contributed by atoms with Gasteiger partial charge in [0.05, 0.1) is 6.61 Å². The molecule has 0 aromatic carbocycles. The minimum Gasteiger partial charge on any atom is -0.480 e. The summed E-state index contributed by atoms with van der Waals surface area (Å²) in [6, 6.07) is 0. The molecule has 0 radical (unpaired) electrons. The van der Waals surface area contributed by atoms with Gasteiger partial charge in [0.1, 0.15) is 0 Å². The van der Waals surface area contributed by atoms with Crippen LogP contribution in [0, 0.1) is 5.41 Å². The van der Waals surface area contributed by atoms with Gasteiger partial charge < -0.3 is 9.84 Å². The molecule has 0 rings (SSSR count). The molecule has 1 unspecified atom stereocenters. The van der Waals surface area contributed by atoms with Gasteiger partial charge in [-0.2, -0.15) is 13.2 Å². The van der Waals surface area contributed by atoms with Gasteiger partial charge in [-0.3, -0.25) is 9.59 Å². The van der Waals surface area contributed by atoms with Crippen LogP contribution in [0.25, 0.3) is 0 Å². The molecule has 0 amide bonds. The third-order valence-electron chi connectivity index (χ3n) is 2.34. The molecular formula is C10H15F3O4. The molecule has 7 heteroatoms. The predicted molar refractivity (Wildman–Crippen MR) is 52.3 cm³/mol. The van der Waals surface area contributed by atoms with E-state index in [1.807, 2.05) is 0 Å². The number of carboxylic acid groups (broad SMARTS) is 1. The second-order valence-corrected chi connectivity index (χ2v) is 3.83. The van der Waals surface area contributed by atoms with Crippen LogP contribution in [0.4, 0.5) is 13.2 Å². The minimum atomic E-state index is -4.35. The van der Waals surface area contributed by atoms with E-state index in [9.17, 15) is 22.8 Å². The number of ether oxygens (including phenoxy) is 1. The number of aliphatic carboxylic acids is 1. The summed E-state index contributed by atoms with van der Waals surface area (Å²) in [7, 11) is 0. The molecule has 0 saturated heterocycles. The van der Waals surface area contributed by atoms with E-state index < -0.39 is 42.8 Å². The molecule has 0 aromatic heterocycles. The summed E-state index contributed by atoms with van der Waals surface area (Å²) in [5.74, 6) is -2.48. The summed E-state index contributed by atoms with van der Waals surface area (Å²) in [6.07, 6.45) is -6.30. The van der Waals surface area contributed by atoms with Crippen LogP contribution in [0.3, 0.4) is 0 Å². The summed E-state index contributed by atoms with van der Waals surface area (Å²) in [5, 5.41) is 8.88. The second kappa shape index (κ2) is 5.88. The normalized spacial score (nSPS) is 15.1. The maximum atomic E-state index is 11.9. The van der Waals surface area contributed by atoms with Crippen molar-refractivity contribution in [3.05, 3.63) is 0 Å². The van der Waals surface area contributed by atoms with Gasteiger partial charge in [-0.05, 0) is 26.7 Å². The average Bonchev–Trinajstić information content (AvgIpc) is 2.15. The van der Waals surface area contributed by atoms with Crippen molar-refractivity contribution in [2.24, 2.45) is 5.41 Å². The van der Waals surface area contributed by atoms with E-state index in [0.717, 1.165) is 6.92 Å². The van der Waals surface area contributed by atoms with Crippen molar-refractivity contribution in [3.63, 3.8) is 0 Å². The van der Waals surface area contributed by atoms with Crippen molar-refractivity contribution < 1.29 is 32.6 Å². The first-order valence-corrected chi connectivity index (χ1v) is 5.11. The van der Waals surface area contributed by atoms with Crippen molar-refractivity contribution in [2.75, 3.05) is 6.61 Å². The Morgan fingerprint density at radius 1 is 1.24 bits per heavy atom. The van der Waals surface area contributed by atoms with Gasteiger partial charge in [-0.1, -0.05) is 0 Å². The molecule has 17 heavy (non-hydrogen) atoms. The molecule has 1 N–H and O–H groups in total. The number of esters is 1. The van der Waals surface area contributed by atoms with Gasteiger partial charge >= 0.3 is 18.1 Å². The standard InChI is InChI=1S/C10H15F3O4/c1-3-17-8(16)9(2,7(14)15)5-4-6-10(11,12)13/h3-6H2,1-2H3,(H,14,15). The molecule has 1 atom stereocenters. The summed E-state index contributed by atoms with van der Waals surface area (Å²) in [4.78, 5) is 22.3. The van der Waals surface area contributed by atoms with Crippen LogP contribution in [0.2, 0.25) is 0 Å². The molecule has 0 spiro atoms. The molecule has 0 bridgehead atoms. The largest absolute Gasteiger partial charge is 0.480 e. The van der Waals surface area contributed by atoms with Crippen LogP contribution < -0.4 is 0 Å². The van der Waals surface area contributed by atoms with Gasteiger partial charge in [0.15, 0.2) is 5.41 Å². The number of hydrogen-bond acceptors (Lipinski definition) is 3. The molecule has 0 aliphatic carbocycles. The van der Waals surface area contributed by atoms with E-state index in [2.05, 4.69) is 4.74 Å². The SMILES string of the molecule is CCOC(=O)C(C)(CCCC(F)(F)F)C(=O)O. The maximum Gasteiger partial charge on any atom is 0.389 e. The van der Waals surface area contributed by atoms with Crippen LogP contribution in [0.15, 0.2) is 0 Å². The second-order valence-electron chi connectivity index (χ2n) is 3.83. The third-order valence-corrected chi connectivity index (χ3v) is 2.34. The minimum absolute atomic E-state index is 0.0129. The number of carbonyl (C=O) groups excluding carboxylic acids is 1. The molecule has 4 nitrogen and oxygen atoms in total. The van der Waals surface area contributed by atoms with E-state index in [1.54, 1.807) is 0 Å². The maximum absolute atomic E-state index is 11.9. The Hall–Kier alpha value is -1.27. The first kappa shape index (κ1) is 15.7. The van der Waals surface area contributed by atoms with Crippen molar-refractivity contribution >= 4 is 11.9 Å². The Morgan fingerprint density at radius 2 is 1.76 bits per heavy atom. The zero-order valence-corrected chi connectivity index (χ0v) is 9.63. The van der Waals surface area contributed by atoms with E-state index in [-0.39, 0.29) is 6.61 Å². The van der Waals surface area contributed by atoms with Gasteiger partial charge in [-0.25, -0.2) is 0 Å². The summed E-state index contributed by atoms with van der Waals surface area (Å²) >= 11 is 0. The topological polar surface area (TPSA) is 63.6 Å². The number of carboxylic acids is 1. The fourth-order valence-corrected chi connectivity index (χ4v) is 1.23. The van der Waals surface area contributed by atoms with E-state index in [0.29, 0.717) is 0 Å². The van der Waals surface area contributed by atoms with Gasteiger partial charge in [-0.15, -0.1) is 0 Å². The van der Waals surface area contributed by atoms with Crippen molar-refractivity contribution in [2.45, 2.75) is 39.3 Å². The summed E-state index contributed by atoms with van der Waals surface area (Å²) < 4.78 is 40.3. The highest BCUT2D eigenvalue weighted by atomic mass is 19.4. The fourth-order valence-electron chi connectivity index (χ4n) is 1.23. The Labute approximate surface area is 96.8 Å².